The maximum atomic E-state index is 10.8. The molecule has 0 atom stereocenters. The number of likely N-dealkylation sites (N-methyl/N-ethyl adjacent to an activating group) is 1. The van der Waals surface area contributed by atoms with Gasteiger partial charge < -0.3 is 14.7 Å². The lowest BCUT2D eigenvalue weighted by molar-refractivity contribution is 0.112. The number of aliphatic hydroxyl groups excluding tert-OH is 1. The van der Waals surface area contributed by atoms with Gasteiger partial charge in [-0.1, -0.05) is 107 Å². The molecular formula is C37H69NO3. The Morgan fingerprint density at radius 3 is 1.83 bits per heavy atom. The number of aryl methyl sites for hydroxylation is 2. The van der Waals surface area contributed by atoms with Gasteiger partial charge in [0.05, 0.1) is 0 Å². The van der Waals surface area contributed by atoms with Gasteiger partial charge in [-0.05, 0) is 88.5 Å². The quantitative estimate of drug-likeness (QED) is 0.144. The Hall–Kier alpha value is -2.59. The van der Waals surface area contributed by atoms with Gasteiger partial charge in [-0.3, -0.25) is 4.79 Å². The van der Waals surface area contributed by atoms with Crippen LogP contribution in [-0.4, -0.2) is 42.5 Å². The molecule has 1 N–H and O–H groups in total. The highest BCUT2D eigenvalue weighted by molar-refractivity contribution is 5.76. The van der Waals surface area contributed by atoms with Crippen molar-refractivity contribution in [1.29, 1.82) is 0 Å². The second-order valence-corrected chi connectivity index (χ2v) is 8.12. The Morgan fingerprint density at radius 1 is 0.927 bits per heavy atom. The van der Waals surface area contributed by atoms with Crippen molar-refractivity contribution in [3.8, 4) is 5.75 Å². The predicted octanol–water partition coefficient (Wildman–Crippen LogP) is 11.6. The van der Waals surface area contributed by atoms with E-state index in [9.17, 15) is 9.90 Å². The number of aldehydes is 1. The van der Waals surface area contributed by atoms with Gasteiger partial charge in [0.2, 0.25) is 0 Å². The van der Waals surface area contributed by atoms with E-state index < -0.39 is 0 Å². The highest BCUT2D eigenvalue weighted by atomic mass is 16.5. The van der Waals surface area contributed by atoms with E-state index in [1.807, 2.05) is 101 Å². The third kappa shape index (κ3) is 26.1. The van der Waals surface area contributed by atoms with Crippen LogP contribution >= 0.6 is 0 Å². The molecule has 0 spiro atoms. The monoisotopic (exact) mass is 576 g/mol. The SMILES string of the molecule is C=C(/C(C)=C/CCC)/C(O)=C\C=C/C.CC.CC.CC.CC.CCCN(CC)CCOc1c(C)cc(C=O)cc1C. The highest BCUT2D eigenvalue weighted by Gasteiger charge is 2.07. The molecule has 1 rings (SSSR count). The Bertz CT molecular complexity index is 796. The van der Waals surface area contributed by atoms with Crippen LogP contribution in [0, 0.1) is 13.8 Å². The molecule has 4 nitrogen and oxygen atoms in total. The van der Waals surface area contributed by atoms with Crippen LogP contribution in [0.2, 0.25) is 0 Å². The maximum absolute atomic E-state index is 10.8. The number of rotatable bonds is 13. The Kier molecular flexibility index (Phi) is 43.9. The molecule has 0 saturated carbocycles. The Morgan fingerprint density at radius 2 is 1.44 bits per heavy atom. The van der Waals surface area contributed by atoms with E-state index in [2.05, 4.69) is 38.3 Å². The summed E-state index contributed by atoms with van der Waals surface area (Å²) >= 11 is 0. The van der Waals surface area contributed by atoms with Crippen LogP contribution in [0.5, 0.6) is 5.75 Å². The highest BCUT2D eigenvalue weighted by Crippen LogP contribution is 2.24. The van der Waals surface area contributed by atoms with Crippen molar-refractivity contribution in [2.75, 3.05) is 26.2 Å². The molecule has 0 bridgehead atoms. The number of hydrogen-bond acceptors (Lipinski definition) is 4. The first-order chi connectivity index (χ1) is 19.7. The zero-order valence-electron chi connectivity index (χ0n) is 29.9. The predicted molar refractivity (Wildman–Crippen MR) is 188 cm³/mol. The average molecular weight is 576 g/mol. The van der Waals surface area contributed by atoms with Crippen molar-refractivity contribution >= 4 is 6.29 Å². The van der Waals surface area contributed by atoms with Crippen molar-refractivity contribution in [2.24, 2.45) is 0 Å². The molecule has 0 unspecified atom stereocenters. The fourth-order valence-corrected chi connectivity index (χ4v) is 3.27. The van der Waals surface area contributed by atoms with E-state index in [-0.39, 0.29) is 5.76 Å². The first-order valence-corrected chi connectivity index (χ1v) is 16.0. The first kappa shape index (κ1) is 48.2. The third-order valence-corrected chi connectivity index (χ3v) is 5.23. The molecule has 0 aromatic heterocycles. The van der Waals surface area contributed by atoms with Gasteiger partial charge in [0.25, 0.3) is 0 Å². The molecule has 41 heavy (non-hydrogen) atoms. The van der Waals surface area contributed by atoms with E-state index >= 15 is 0 Å². The third-order valence-electron chi connectivity index (χ3n) is 5.23. The van der Waals surface area contributed by atoms with Crippen molar-refractivity contribution < 1.29 is 14.6 Å². The van der Waals surface area contributed by atoms with Crippen LogP contribution < -0.4 is 4.74 Å². The van der Waals surface area contributed by atoms with Gasteiger partial charge in [0.1, 0.15) is 24.4 Å². The summed E-state index contributed by atoms with van der Waals surface area (Å²) in [5.41, 5.74) is 4.52. The number of carbonyl (C=O) groups excluding carboxylic acids is 1. The largest absolute Gasteiger partial charge is 0.507 e. The number of unbranched alkanes of at least 4 members (excludes halogenated alkanes) is 1. The second-order valence-electron chi connectivity index (χ2n) is 8.12. The van der Waals surface area contributed by atoms with Crippen LogP contribution in [0.4, 0.5) is 0 Å². The first-order valence-electron chi connectivity index (χ1n) is 16.0. The van der Waals surface area contributed by atoms with Crippen LogP contribution in [0.1, 0.15) is 131 Å². The normalized spacial score (nSPS) is 10.2. The minimum Gasteiger partial charge on any atom is -0.507 e. The summed E-state index contributed by atoms with van der Waals surface area (Å²) in [6, 6.07) is 3.75. The molecule has 1 aromatic rings. The molecule has 0 aliphatic heterocycles. The van der Waals surface area contributed by atoms with Crippen molar-refractivity contribution in [2.45, 2.75) is 123 Å². The molecule has 0 fully saturated rings. The molecule has 0 aliphatic carbocycles. The number of nitrogens with zero attached hydrogens (tertiary/aromatic N) is 1. The molecular weight excluding hydrogens is 506 g/mol. The lowest BCUT2D eigenvalue weighted by Gasteiger charge is -2.20. The minimum absolute atomic E-state index is 0.243. The summed E-state index contributed by atoms with van der Waals surface area (Å²) in [5.74, 6) is 1.16. The summed E-state index contributed by atoms with van der Waals surface area (Å²) in [5, 5.41) is 9.59. The van der Waals surface area contributed by atoms with Crippen LogP contribution in [-0.2, 0) is 0 Å². The second kappa shape index (κ2) is 37.4. The zero-order valence-corrected chi connectivity index (χ0v) is 29.9. The van der Waals surface area contributed by atoms with Gasteiger partial charge in [0.15, 0.2) is 0 Å². The molecule has 0 radical (unpaired) electrons. The smallest absolute Gasteiger partial charge is 0.150 e. The van der Waals surface area contributed by atoms with Crippen LogP contribution in [0.15, 0.2) is 59.9 Å². The van der Waals surface area contributed by atoms with Crippen molar-refractivity contribution in [1.82, 2.24) is 4.90 Å². The summed E-state index contributed by atoms with van der Waals surface area (Å²) < 4.78 is 5.89. The maximum Gasteiger partial charge on any atom is 0.150 e. The van der Waals surface area contributed by atoms with Gasteiger partial charge in [-0.2, -0.15) is 0 Å². The standard InChI is InChI=1S/C16H25NO2.C13H20O.4C2H6/c1-5-7-17(6-2)8-9-19-16-13(3)10-15(12-18)11-14(16)4;1-5-7-9-11(3)12(4)13(14)10-8-6-2;4*1-2/h10-12H,5-9H2,1-4H3;6,8-10,14H,4-5,7H2,1-3H3;4*1-2H3/b;8-6-,11-9+,13-10+;;;;. The topological polar surface area (TPSA) is 49.8 Å². The molecule has 4 heteroatoms. The fraction of sp³-hybridized carbons (Fsp3) is 0.595. The Balaban J connectivity index is -0.000000174. The fourth-order valence-electron chi connectivity index (χ4n) is 3.27. The van der Waals surface area contributed by atoms with Crippen LogP contribution in [0.25, 0.3) is 0 Å². The number of hydrogen-bond donors (Lipinski definition) is 1. The van der Waals surface area contributed by atoms with E-state index in [0.717, 1.165) is 61.2 Å². The Labute approximate surface area is 257 Å². The molecule has 0 saturated heterocycles. The van der Waals surface area contributed by atoms with E-state index in [4.69, 9.17) is 4.74 Å². The number of benzene rings is 1. The molecule has 1 aromatic carbocycles. The van der Waals surface area contributed by atoms with Gasteiger partial charge in [-0.25, -0.2) is 0 Å². The van der Waals surface area contributed by atoms with Gasteiger partial charge in [-0.15, -0.1) is 0 Å². The van der Waals surface area contributed by atoms with E-state index in [0.29, 0.717) is 17.7 Å². The zero-order chi connectivity index (χ0) is 33.2. The molecule has 0 amide bonds. The average Bonchev–Trinajstić information content (AvgIpc) is 3.03. The minimum atomic E-state index is 0.243. The molecule has 0 aliphatic rings. The molecule has 0 heterocycles. The summed E-state index contributed by atoms with van der Waals surface area (Å²) in [4.78, 5) is 13.2. The number of allylic oxidation sites excluding steroid dienone is 5. The van der Waals surface area contributed by atoms with Crippen molar-refractivity contribution in [3.05, 3.63) is 76.6 Å². The number of aliphatic hydroxyl groups is 1. The summed E-state index contributed by atoms with van der Waals surface area (Å²) in [7, 11) is 0. The van der Waals surface area contributed by atoms with Gasteiger partial charge >= 0.3 is 0 Å². The summed E-state index contributed by atoms with van der Waals surface area (Å²) in [6.45, 7) is 38.0. The molecule has 240 valence electrons. The number of ether oxygens (including phenoxy) is 1. The van der Waals surface area contributed by atoms with Gasteiger partial charge in [0, 0.05) is 17.7 Å². The lowest BCUT2D eigenvalue weighted by atomic mass is 10.1. The van der Waals surface area contributed by atoms with E-state index in [1.54, 1.807) is 12.2 Å². The lowest BCUT2D eigenvalue weighted by Crippen LogP contribution is -2.29. The van der Waals surface area contributed by atoms with Crippen LogP contribution in [0.3, 0.4) is 0 Å². The summed E-state index contributed by atoms with van der Waals surface area (Å²) in [6.07, 6.45) is 11.6. The number of carbonyl (C=O) groups is 1. The van der Waals surface area contributed by atoms with E-state index in [1.165, 1.54) is 6.42 Å². The van der Waals surface area contributed by atoms with Crippen molar-refractivity contribution in [3.63, 3.8) is 0 Å².